The van der Waals surface area contributed by atoms with E-state index in [1.54, 1.807) is 0 Å². The molecule has 0 atom stereocenters. The van der Waals surface area contributed by atoms with Crippen LogP contribution in [0.5, 0.6) is 11.8 Å². The van der Waals surface area contributed by atoms with E-state index >= 15 is 0 Å². The normalized spacial score (nSPS) is 10.3. The maximum atomic E-state index is 13.7. The van der Waals surface area contributed by atoms with Gasteiger partial charge in [-0.3, -0.25) is 10.1 Å². The number of alkyl halides is 1. The Morgan fingerprint density at radius 2 is 2.05 bits per heavy atom. The number of benzene rings is 1. The molecule has 6 nitrogen and oxygen atoms in total. The first-order valence-electron chi connectivity index (χ1n) is 5.50. The summed E-state index contributed by atoms with van der Waals surface area (Å²) in [5.74, 6) is -0.773. The van der Waals surface area contributed by atoms with E-state index in [0.717, 1.165) is 6.07 Å². The number of hydrogen-bond donors (Lipinski definition) is 0. The van der Waals surface area contributed by atoms with E-state index in [1.165, 1.54) is 25.4 Å². The topological polar surface area (TPSA) is 78.2 Å². The molecule has 1 aromatic heterocycles. The van der Waals surface area contributed by atoms with Crippen molar-refractivity contribution in [1.82, 2.24) is 9.97 Å². The fourth-order valence-electron chi connectivity index (χ4n) is 1.48. The quantitative estimate of drug-likeness (QED) is 0.491. The van der Waals surface area contributed by atoms with Crippen molar-refractivity contribution in [1.29, 1.82) is 0 Å². The Morgan fingerprint density at radius 1 is 1.40 bits per heavy atom. The van der Waals surface area contributed by atoms with Gasteiger partial charge >= 0.3 is 6.01 Å². The van der Waals surface area contributed by atoms with E-state index in [0.29, 0.717) is 5.56 Å². The Balaban J connectivity index is 2.29. The molecule has 0 N–H and O–H groups in total. The Morgan fingerprint density at radius 3 is 2.60 bits per heavy atom. The minimum atomic E-state index is -0.854. The van der Waals surface area contributed by atoms with Crippen LogP contribution in [0.25, 0.3) is 0 Å². The molecule has 0 saturated carbocycles. The van der Waals surface area contributed by atoms with Crippen LogP contribution in [0.1, 0.15) is 11.1 Å². The van der Waals surface area contributed by atoms with Gasteiger partial charge in [0.15, 0.2) is 11.6 Å². The molecule has 0 aliphatic heterocycles. The number of aryl methyl sites for hydroxylation is 1. The Bertz CT molecular complexity index is 649. The van der Waals surface area contributed by atoms with Gasteiger partial charge in [-0.15, -0.1) is 11.6 Å². The van der Waals surface area contributed by atoms with Crippen LogP contribution < -0.4 is 4.74 Å². The molecule has 1 aromatic carbocycles. The number of ether oxygens (including phenoxy) is 1. The molecule has 8 heteroatoms. The van der Waals surface area contributed by atoms with Crippen LogP contribution in [-0.4, -0.2) is 14.9 Å². The second-order valence-corrected chi connectivity index (χ2v) is 4.20. The molecule has 1 heterocycles. The summed E-state index contributed by atoms with van der Waals surface area (Å²) in [5, 5.41) is 10.7. The Kier molecular flexibility index (Phi) is 4.09. The molecule has 0 aliphatic rings. The first-order chi connectivity index (χ1) is 9.51. The Labute approximate surface area is 118 Å². The van der Waals surface area contributed by atoms with Crippen molar-refractivity contribution >= 4 is 17.3 Å². The fraction of sp³-hybridized carbons (Fsp3) is 0.167. The molecule has 0 saturated heterocycles. The van der Waals surface area contributed by atoms with Gasteiger partial charge in [-0.2, -0.15) is 0 Å². The summed E-state index contributed by atoms with van der Waals surface area (Å²) < 4.78 is 18.9. The summed E-state index contributed by atoms with van der Waals surface area (Å²) >= 11 is 5.59. The first kappa shape index (κ1) is 14.1. The number of nitro groups is 1. The molecular weight excluding hydrogens is 289 g/mol. The fourth-order valence-corrected chi connectivity index (χ4v) is 1.62. The third-order valence-corrected chi connectivity index (χ3v) is 2.79. The number of rotatable bonds is 4. The van der Waals surface area contributed by atoms with Gasteiger partial charge in [0.2, 0.25) is 0 Å². The summed E-state index contributed by atoms with van der Waals surface area (Å²) in [5.41, 5.74) is 0.663. The monoisotopic (exact) mass is 297 g/mol. The minimum Gasteiger partial charge on any atom is -0.421 e. The SMILES string of the molecule is Cc1cc(Oc2ncc(CCl)cn2)c(F)cc1[N+](=O)[O-]. The average molecular weight is 298 g/mol. The summed E-state index contributed by atoms with van der Waals surface area (Å²) in [6, 6.07) is 1.97. The van der Waals surface area contributed by atoms with Crippen molar-refractivity contribution in [3.63, 3.8) is 0 Å². The van der Waals surface area contributed by atoms with Gasteiger partial charge in [0.1, 0.15) is 0 Å². The lowest BCUT2D eigenvalue weighted by Crippen LogP contribution is -1.98. The van der Waals surface area contributed by atoms with E-state index in [9.17, 15) is 14.5 Å². The van der Waals surface area contributed by atoms with Crippen LogP contribution >= 0.6 is 11.6 Å². The van der Waals surface area contributed by atoms with Crippen molar-refractivity contribution < 1.29 is 14.1 Å². The third-order valence-electron chi connectivity index (χ3n) is 2.48. The first-order valence-corrected chi connectivity index (χ1v) is 6.04. The molecule has 0 amide bonds. The van der Waals surface area contributed by atoms with Crippen molar-refractivity contribution in [2.75, 3.05) is 0 Å². The minimum absolute atomic E-state index is 0.0639. The van der Waals surface area contributed by atoms with Gasteiger partial charge in [-0.1, -0.05) is 0 Å². The van der Waals surface area contributed by atoms with Crippen molar-refractivity contribution in [2.24, 2.45) is 0 Å². The highest BCUT2D eigenvalue weighted by Crippen LogP contribution is 2.29. The van der Waals surface area contributed by atoms with Crippen molar-refractivity contribution in [2.45, 2.75) is 12.8 Å². The molecular formula is C12H9ClFN3O3. The number of hydrogen-bond acceptors (Lipinski definition) is 5. The van der Waals surface area contributed by atoms with Crippen molar-refractivity contribution in [3.05, 3.63) is 51.6 Å². The van der Waals surface area contributed by atoms with Gasteiger partial charge in [0, 0.05) is 23.5 Å². The smallest absolute Gasteiger partial charge is 0.321 e. The molecule has 0 fully saturated rings. The predicted molar refractivity (Wildman–Crippen MR) is 69.5 cm³/mol. The third kappa shape index (κ3) is 3.00. The van der Waals surface area contributed by atoms with Crippen LogP contribution in [0.2, 0.25) is 0 Å². The zero-order valence-corrected chi connectivity index (χ0v) is 11.1. The molecule has 0 unspecified atom stereocenters. The van der Waals surface area contributed by atoms with Gasteiger partial charge in [0.05, 0.1) is 16.9 Å². The van der Waals surface area contributed by atoms with E-state index < -0.39 is 10.7 Å². The predicted octanol–water partition coefficient (Wildman–Crippen LogP) is 3.36. The molecule has 0 radical (unpaired) electrons. The summed E-state index contributed by atoms with van der Waals surface area (Å²) in [4.78, 5) is 17.7. The lowest BCUT2D eigenvalue weighted by molar-refractivity contribution is -0.385. The highest BCUT2D eigenvalue weighted by atomic mass is 35.5. The average Bonchev–Trinajstić information content (AvgIpc) is 2.43. The van der Waals surface area contributed by atoms with Crippen LogP contribution in [0.3, 0.4) is 0 Å². The van der Waals surface area contributed by atoms with Gasteiger partial charge in [-0.25, -0.2) is 14.4 Å². The van der Waals surface area contributed by atoms with Crippen molar-refractivity contribution in [3.8, 4) is 11.8 Å². The maximum Gasteiger partial charge on any atom is 0.321 e. The number of halogens is 2. The van der Waals surface area contributed by atoms with E-state index in [1.807, 2.05) is 0 Å². The van der Waals surface area contributed by atoms with Gasteiger partial charge in [-0.05, 0) is 13.0 Å². The largest absolute Gasteiger partial charge is 0.421 e. The highest BCUT2D eigenvalue weighted by Gasteiger charge is 2.17. The van der Waals surface area contributed by atoms with E-state index in [2.05, 4.69) is 9.97 Å². The zero-order valence-electron chi connectivity index (χ0n) is 10.3. The van der Waals surface area contributed by atoms with E-state index in [-0.39, 0.29) is 28.9 Å². The molecule has 0 bridgehead atoms. The lowest BCUT2D eigenvalue weighted by Gasteiger charge is -2.06. The van der Waals surface area contributed by atoms with Gasteiger partial charge in [0.25, 0.3) is 5.69 Å². The lowest BCUT2D eigenvalue weighted by atomic mass is 10.2. The molecule has 2 aromatic rings. The summed E-state index contributed by atoms with van der Waals surface area (Å²) in [6.45, 7) is 1.49. The number of nitro benzene ring substituents is 1. The van der Waals surface area contributed by atoms with Crippen LogP contribution in [-0.2, 0) is 5.88 Å². The summed E-state index contributed by atoms with van der Waals surface area (Å²) in [7, 11) is 0. The van der Waals surface area contributed by atoms with Crippen LogP contribution in [0.15, 0.2) is 24.5 Å². The molecule has 0 aliphatic carbocycles. The Hall–Kier alpha value is -2.28. The highest BCUT2D eigenvalue weighted by molar-refractivity contribution is 6.17. The standard InChI is InChI=1S/C12H9ClFN3O3/c1-7-2-11(9(14)3-10(7)17(18)19)20-12-15-5-8(4-13)6-16-12/h2-3,5-6H,4H2,1H3. The van der Waals surface area contributed by atoms with E-state index in [4.69, 9.17) is 16.3 Å². The zero-order chi connectivity index (χ0) is 14.7. The van der Waals surface area contributed by atoms with Gasteiger partial charge < -0.3 is 4.74 Å². The molecule has 0 spiro atoms. The van der Waals surface area contributed by atoms with Crippen LogP contribution in [0.4, 0.5) is 10.1 Å². The summed E-state index contributed by atoms with van der Waals surface area (Å²) in [6.07, 6.45) is 2.90. The molecule has 104 valence electrons. The number of nitrogens with zero attached hydrogens (tertiary/aromatic N) is 3. The molecule has 2 rings (SSSR count). The molecule has 20 heavy (non-hydrogen) atoms. The maximum absolute atomic E-state index is 13.7. The van der Waals surface area contributed by atoms with Crippen LogP contribution in [0, 0.1) is 22.9 Å². The number of aromatic nitrogens is 2. The second-order valence-electron chi connectivity index (χ2n) is 3.94. The second kappa shape index (κ2) is 5.79.